The Labute approximate surface area is 258 Å². The van der Waals surface area contributed by atoms with Crippen molar-refractivity contribution in [2.75, 3.05) is 4.90 Å². The summed E-state index contributed by atoms with van der Waals surface area (Å²) in [4.78, 5) is 2.45. The summed E-state index contributed by atoms with van der Waals surface area (Å²) in [6, 6.07) is 56.9. The lowest BCUT2D eigenvalue weighted by Gasteiger charge is -2.33. The maximum absolute atomic E-state index is 2.45. The van der Waals surface area contributed by atoms with Gasteiger partial charge in [0.15, 0.2) is 0 Å². The summed E-state index contributed by atoms with van der Waals surface area (Å²) in [7, 11) is 0. The second-order valence-electron chi connectivity index (χ2n) is 11.4. The van der Waals surface area contributed by atoms with Crippen LogP contribution in [0.25, 0.3) is 44.2 Å². The maximum atomic E-state index is 2.45. The molecular formula is C42H32N2. The van der Waals surface area contributed by atoms with Gasteiger partial charge in [-0.05, 0) is 83.3 Å². The molecule has 1 atom stereocenters. The lowest BCUT2D eigenvalue weighted by Crippen LogP contribution is -2.30. The van der Waals surface area contributed by atoms with Crippen LogP contribution in [-0.4, -0.2) is 10.6 Å². The van der Waals surface area contributed by atoms with Gasteiger partial charge < -0.3 is 9.47 Å². The fourth-order valence-electron chi connectivity index (χ4n) is 6.59. The molecule has 0 spiro atoms. The predicted octanol–water partition coefficient (Wildman–Crippen LogP) is 11.0. The molecule has 8 rings (SSSR count). The van der Waals surface area contributed by atoms with Gasteiger partial charge in [-0.3, -0.25) is 0 Å². The van der Waals surface area contributed by atoms with Crippen molar-refractivity contribution in [3.63, 3.8) is 0 Å². The second-order valence-corrected chi connectivity index (χ2v) is 11.4. The van der Waals surface area contributed by atoms with E-state index in [1.165, 1.54) is 61.1 Å². The minimum atomic E-state index is 0.233. The Balaban J connectivity index is 1.15. The molecular weight excluding hydrogens is 532 g/mol. The third-order valence-electron chi connectivity index (χ3n) is 8.72. The zero-order valence-electron chi connectivity index (χ0n) is 24.4. The number of allylic oxidation sites excluding steroid dienone is 2. The first-order valence-electron chi connectivity index (χ1n) is 15.3. The lowest BCUT2D eigenvalue weighted by atomic mass is 9.95. The van der Waals surface area contributed by atoms with E-state index in [9.17, 15) is 0 Å². The van der Waals surface area contributed by atoms with Gasteiger partial charge in [0.25, 0.3) is 0 Å². The number of nitrogens with zero attached hydrogens (tertiary/aromatic N) is 2. The number of benzene rings is 6. The molecule has 1 aliphatic rings. The summed E-state index contributed by atoms with van der Waals surface area (Å²) in [6.45, 7) is 0. The van der Waals surface area contributed by atoms with Gasteiger partial charge in [0.2, 0.25) is 0 Å². The molecule has 1 unspecified atom stereocenters. The van der Waals surface area contributed by atoms with Crippen molar-refractivity contribution in [1.82, 2.24) is 4.57 Å². The van der Waals surface area contributed by atoms with Gasteiger partial charge in [0.1, 0.15) is 0 Å². The Kier molecular flexibility index (Phi) is 6.66. The normalized spacial score (nSPS) is 14.5. The molecule has 1 aromatic heterocycles. The first-order valence-corrected chi connectivity index (χ1v) is 15.3. The van der Waals surface area contributed by atoms with Crippen LogP contribution < -0.4 is 4.90 Å². The van der Waals surface area contributed by atoms with Crippen LogP contribution in [0.3, 0.4) is 0 Å². The average molecular weight is 565 g/mol. The molecule has 0 saturated heterocycles. The Morgan fingerprint density at radius 2 is 1.11 bits per heavy atom. The van der Waals surface area contributed by atoms with Gasteiger partial charge in [-0.2, -0.15) is 0 Å². The van der Waals surface area contributed by atoms with Crippen molar-refractivity contribution in [1.29, 1.82) is 0 Å². The largest absolute Gasteiger partial charge is 0.334 e. The van der Waals surface area contributed by atoms with Crippen LogP contribution in [0.4, 0.5) is 11.4 Å². The molecule has 0 radical (unpaired) electrons. The number of anilines is 2. The molecule has 2 nitrogen and oxygen atoms in total. The molecule has 0 saturated carbocycles. The third kappa shape index (κ3) is 4.71. The zero-order chi connectivity index (χ0) is 29.3. The summed E-state index contributed by atoms with van der Waals surface area (Å²) >= 11 is 0. The molecule has 6 aromatic carbocycles. The number of hydrogen-bond acceptors (Lipinski definition) is 1. The fraction of sp³-hybridized carbons (Fsp3) is 0.0476. The number of hydrogen-bond donors (Lipinski definition) is 0. The van der Waals surface area contributed by atoms with Crippen molar-refractivity contribution >= 4 is 38.8 Å². The predicted molar refractivity (Wildman–Crippen MR) is 187 cm³/mol. The summed E-state index contributed by atoms with van der Waals surface area (Å²) in [5.74, 6) is 0. The van der Waals surface area contributed by atoms with Gasteiger partial charge in [0, 0.05) is 27.8 Å². The Morgan fingerprint density at radius 3 is 1.84 bits per heavy atom. The molecule has 0 fully saturated rings. The van der Waals surface area contributed by atoms with E-state index >= 15 is 0 Å². The summed E-state index contributed by atoms with van der Waals surface area (Å²) in [5, 5.41) is 2.54. The van der Waals surface area contributed by atoms with Gasteiger partial charge in [-0.1, -0.05) is 121 Å². The monoisotopic (exact) mass is 564 g/mol. The first-order chi connectivity index (χ1) is 21.8. The molecule has 0 N–H and O–H groups in total. The van der Waals surface area contributed by atoms with Crippen molar-refractivity contribution < 1.29 is 0 Å². The van der Waals surface area contributed by atoms with E-state index in [-0.39, 0.29) is 6.04 Å². The third-order valence-corrected chi connectivity index (χ3v) is 8.72. The Hall–Kier alpha value is -5.60. The van der Waals surface area contributed by atoms with Crippen LogP contribution in [0.5, 0.6) is 0 Å². The van der Waals surface area contributed by atoms with Gasteiger partial charge in [-0.25, -0.2) is 0 Å². The highest BCUT2D eigenvalue weighted by molar-refractivity contribution is 6.10. The van der Waals surface area contributed by atoms with Crippen LogP contribution in [0.15, 0.2) is 176 Å². The van der Waals surface area contributed by atoms with E-state index in [0.29, 0.717) is 0 Å². The maximum Gasteiger partial charge on any atom is 0.0560 e. The first kappa shape index (κ1) is 26.1. The highest BCUT2D eigenvalue weighted by atomic mass is 15.2. The lowest BCUT2D eigenvalue weighted by molar-refractivity contribution is 0.787. The SMILES string of the molecule is C1=CC(N(c2ccccc2)c2ccc(-c3ccc4c(c3)c3ccccc3n4-c3ccccc3)cc2)CC=C1c1ccccc1. The van der Waals surface area contributed by atoms with E-state index in [1.807, 2.05) is 0 Å². The molecule has 7 aromatic rings. The molecule has 1 aliphatic carbocycles. The molecule has 2 heteroatoms. The van der Waals surface area contributed by atoms with Crippen LogP contribution in [0.2, 0.25) is 0 Å². The molecule has 210 valence electrons. The van der Waals surface area contributed by atoms with E-state index in [1.54, 1.807) is 0 Å². The molecule has 0 amide bonds. The minimum Gasteiger partial charge on any atom is -0.334 e. The van der Waals surface area contributed by atoms with Gasteiger partial charge >= 0.3 is 0 Å². The summed E-state index contributed by atoms with van der Waals surface area (Å²) < 4.78 is 2.37. The van der Waals surface area contributed by atoms with E-state index in [0.717, 1.165) is 6.42 Å². The topological polar surface area (TPSA) is 8.17 Å². The molecule has 0 bridgehead atoms. The van der Waals surface area contributed by atoms with Crippen LogP contribution in [-0.2, 0) is 0 Å². The van der Waals surface area contributed by atoms with Gasteiger partial charge in [-0.15, -0.1) is 0 Å². The zero-order valence-corrected chi connectivity index (χ0v) is 24.4. The minimum absolute atomic E-state index is 0.233. The quantitative estimate of drug-likeness (QED) is 0.195. The van der Waals surface area contributed by atoms with E-state index < -0.39 is 0 Å². The van der Waals surface area contributed by atoms with Crippen LogP contribution >= 0.6 is 0 Å². The average Bonchev–Trinajstić information content (AvgIpc) is 3.44. The second kappa shape index (κ2) is 11.2. The molecule has 0 aliphatic heterocycles. The summed E-state index contributed by atoms with van der Waals surface area (Å²) in [6.07, 6.45) is 7.93. The van der Waals surface area contributed by atoms with Crippen LogP contribution in [0.1, 0.15) is 12.0 Å². The highest BCUT2D eigenvalue weighted by Gasteiger charge is 2.21. The number of para-hydroxylation sites is 3. The van der Waals surface area contributed by atoms with Crippen molar-refractivity contribution in [3.8, 4) is 16.8 Å². The number of fused-ring (bicyclic) bond motifs is 3. The van der Waals surface area contributed by atoms with E-state index in [2.05, 4.69) is 185 Å². The Morgan fingerprint density at radius 1 is 0.500 bits per heavy atom. The van der Waals surface area contributed by atoms with Gasteiger partial charge in [0.05, 0.1) is 17.1 Å². The summed E-state index contributed by atoms with van der Waals surface area (Å²) in [5.41, 5.74) is 11.0. The van der Waals surface area contributed by atoms with Crippen molar-refractivity contribution in [2.24, 2.45) is 0 Å². The number of rotatable bonds is 6. The van der Waals surface area contributed by atoms with Crippen LogP contribution in [0, 0.1) is 0 Å². The Bertz CT molecular complexity index is 2120. The molecule has 44 heavy (non-hydrogen) atoms. The van der Waals surface area contributed by atoms with E-state index in [4.69, 9.17) is 0 Å². The van der Waals surface area contributed by atoms with Crippen molar-refractivity contribution in [3.05, 3.63) is 182 Å². The highest BCUT2D eigenvalue weighted by Crippen LogP contribution is 2.37. The number of aromatic nitrogens is 1. The standard InChI is InChI=1S/C42H32N2/c1-4-12-31(13-5-1)32-20-25-37(26-21-32)43(35-14-6-2-7-15-35)38-27-22-33(23-28-38)34-24-29-42-40(30-34)39-18-10-11-19-41(39)44(42)36-16-8-3-9-17-36/h1-25,27-30,37H,26H2. The van der Waals surface area contributed by atoms with Crippen molar-refractivity contribution in [2.45, 2.75) is 12.5 Å². The fourth-order valence-corrected chi connectivity index (χ4v) is 6.59. The smallest absolute Gasteiger partial charge is 0.0560 e. The molecule has 1 heterocycles.